The van der Waals surface area contributed by atoms with Crippen molar-refractivity contribution in [2.45, 2.75) is 19.4 Å². The molecule has 1 atom stereocenters. The molecule has 0 saturated carbocycles. The number of benzene rings is 1. The lowest BCUT2D eigenvalue weighted by Gasteiger charge is -2.14. The van der Waals surface area contributed by atoms with Gasteiger partial charge in [0.25, 0.3) is 0 Å². The lowest BCUT2D eigenvalue weighted by molar-refractivity contribution is 0.189. The maximum Gasteiger partial charge on any atom is 0.405 e. The molecule has 0 spiro atoms. The molecule has 76 valence electrons. The number of amides is 1. The molecule has 0 saturated heterocycles. The van der Waals surface area contributed by atoms with E-state index in [1.807, 2.05) is 6.92 Å². The number of carboxylic acid groups (broad SMARTS) is 1. The van der Waals surface area contributed by atoms with E-state index in [-0.39, 0.29) is 11.9 Å². The Kier molecular flexibility index (Phi) is 3.45. The Morgan fingerprint density at radius 2 is 2.07 bits per heavy atom. The summed E-state index contributed by atoms with van der Waals surface area (Å²) in [6.07, 6.45) is -0.432. The van der Waals surface area contributed by atoms with Gasteiger partial charge in [-0.3, -0.25) is 0 Å². The highest BCUT2D eigenvalue weighted by molar-refractivity contribution is 5.65. The van der Waals surface area contributed by atoms with Gasteiger partial charge in [0.1, 0.15) is 5.82 Å². The Hall–Kier alpha value is -1.58. The maximum atomic E-state index is 12.6. The molecular formula is C10H12FNO2. The molecule has 1 rings (SSSR count). The van der Waals surface area contributed by atoms with E-state index in [4.69, 9.17) is 5.11 Å². The molecule has 0 aliphatic carbocycles. The molecule has 0 aliphatic heterocycles. The molecule has 0 fully saturated rings. The first-order valence-corrected chi connectivity index (χ1v) is 4.38. The molecule has 4 heteroatoms. The largest absolute Gasteiger partial charge is 0.465 e. The van der Waals surface area contributed by atoms with Gasteiger partial charge in [-0.15, -0.1) is 0 Å². The minimum absolute atomic E-state index is 0.270. The molecular weight excluding hydrogens is 185 g/mol. The van der Waals surface area contributed by atoms with E-state index < -0.39 is 6.09 Å². The van der Waals surface area contributed by atoms with Crippen LogP contribution in [0.15, 0.2) is 24.3 Å². The summed E-state index contributed by atoms with van der Waals surface area (Å²) in [4.78, 5) is 10.4. The Labute approximate surface area is 81.6 Å². The van der Waals surface area contributed by atoms with Gasteiger partial charge in [-0.1, -0.05) is 19.1 Å². The zero-order valence-corrected chi connectivity index (χ0v) is 7.83. The lowest BCUT2D eigenvalue weighted by atomic mass is 10.1. The molecule has 2 N–H and O–H groups in total. The molecule has 0 aliphatic rings. The average molecular weight is 197 g/mol. The molecule has 0 heterocycles. The van der Waals surface area contributed by atoms with Gasteiger partial charge in [-0.2, -0.15) is 0 Å². The molecule has 0 radical (unpaired) electrons. The SMILES string of the molecule is CC[C@@H](NC(=O)O)c1ccc(F)cc1. The van der Waals surface area contributed by atoms with Crippen LogP contribution in [0, 0.1) is 5.82 Å². The highest BCUT2D eigenvalue weighted by Gasteiger charge is 2.10. The van der Waals surface area contributed by atoms with Crippen LogP contribution in [0.3, 0.4) is 0 Å². The van der Waals surface area contributed by atoms with E-state index in [1.54, 1.807) is 12.1 Å². The van der Waals surface area contributed by atoms with Crippen molar-refractivity contribution in [3.8, 4) is 0 Å². The van der Waals surface area contributed by atoms with E-state index in [0.29, 0.717) is 6.42 Å². The number of nitrogens with one attached hydrogen (secondary N) is 1. The quantitative estimate of drug-likeness (QED) is 0.782. The van der Waals surface area contributed by atoms with Gasteiger partial charge in [-0.25, -0.2) is 9.18 Å². The number of hydrogen-bond donors (Lipinski definition) is 2. The first-order chi connectivity index (χ1) is 6.63. The summed E-state index contributed by atoms with van der Waals surface area (Å²) in [6, 6.07) is 5.54. The smallest absolute Gasteiger partial charge is 0.405 e. The van der Waals surface area contributed by atoms with Crippen LogP contribution in [0.2, 0.25) is 0 Å². The van der Waals surface area contributed by atoms with Gasteiger partial charge in [0.05, 0.1) is 6.04 Å². The van der Waals surface area contributed by atoms with E-state index in [9.17, 15) is 9.18 Å². The van der Waals surface area contributed by atoms with Crippen molar-refractivity contribution in [1.29, 1.82) is 0 Å². The molecule has 14 heavy (non-hydrogen) atoms. The predicted molar refractivity (Wildman–Crippen MR) is 50.6 cm³/mol. The van der Waals surface area contributed by atoms with Crippen LogP contribution in [0.5, 0.6) is 0 Å². The third kappa shape index (κ3) is 2.73. The monoisotopic (exact) mass is 197 g/mol. The second-order valence-corrected chi connectivity index (χ2v) is 2.96. The zero-order chi connectivity index (χ0) is 10.6. The van der Waals surface area contributed by atoms with Gasteiger partial charge < -0.3 is 10.4 Å². The van der Waals surface area contributed by atoms with Crippen LogP contribution >= 0.6 is 0 Å². The van der Waals surface area contributed by atoms with Crippen molar-refractivity contribution in [1.82, 2.24) is 5.32 Å². The van der Waals surface area contributed by atoms with Crippen molar-refractivity contribution in [3.05, 3.63) is 35.6 Å². The van der Waals surface area contributed by atoms with Crippen LogP contribution in [0.4, 0.5) is 9.18 Å². The van der Waals surface area contributed by atoms with Crippen LogP contribution in [0.1, 0.15) is 24.9 Å². The summed E-state index contributed by atoms with van der Waals surface area (Å²) >= 11 is 0. The van der Waals surface area contributed by atoms with Crippen LogP contribution in [0.25, 0.3) is 0 Å². The number of halogens is 1. The standard InChI is InChI=1S/C10H12FNO2/c1-2-9(12-10(13)14)7-3-5-8(11)6-4-7/h3-6,9,12H,2H2,1H3,(H,13,14)/t9-/m1/s1. The predicted octanol–water partition coefficient (Wildman–Crippen LogP) is 2.54. The van der Waals surface area contributed by atoms with Crippen molar-refractivity contribution >= 4 is 6.09 Å². The third-order valence-corrected chi connectivity index (χ3v) is 1.98. The average Bonchev–Trinajstić information content (AvgIpc) is 2.15. The van der Waals surface area contributed by atoms with Crippen LogP contribution in [-0.2, 0) is 0 Å². The van der Waals surface area contributed by atoms with Crippen LogP contribution < -0.4 is 5.32 Å². The molecule has 1 aromatic carbocycles. The van der Waals surface area contributed by atoms with E-state index in [0.717, 1.165) is 5.56 Å². The van der Waals surface area contributed by atoms with E-state index in [2.05, 4.69) is 5.32 Å². The fourth-order valence-electron chi connectivity index (χ4n) is 1.27. The van der Waals surface area contributed by atoms with Gasteiger partial charge in [0, 0.05) is 0 Å². The topological polar surface area (TPSA) is 49.3 Å². The summed E-state index contributed by atoms with van der Waals surface area (Å²) in [6.45, 7) is 1.87. The fourth-order valence-corrected chi connectivity index (χ4v) is 1.27. The molecule has 0 aromatic heterocycles. The lowest BCUT2D eigenvalue weighted by Crippen LogP contribution is -2.26. The maximum absolute atomic E-state index is 12.6. The first kappa shape index (κ1) is 10.5. The van der Waals surface area contributed by atoms with E-state index in [1.165, 1.54) is 12.1 Å². The van der Waals surface area contributed by atoms with Crippen LogP contribution in [-0.4, -0.2) is 11.2 Å². The minimum atomic E-state index is -1.07. The first-order valence-electron chi connectivity index (χ1n) is 4.38. The number of hydrogen-bond acceptors (Lipinski definition) is 1. The van der Waals surface area contributed by atoms with Gasteiger partial charge in [-0.05, 0) is 24.1 Å². The molecule has 1 amide bonds. The highest BCUT2D eigenvalue weighted by atomic mass is 19.1. The van der Waals surface area contributed by atoms with Gasteiger partial charge in [0.15, 0.2) is 0 Å². The second-order valence-electron chi connectivity index (χ2n) is 2.96. The summed E-state index contributed by atoms with van der Waals surface area (Å²) in [5.41, 5.74) is 0.774. The minimum Gasteiger partial charge on any atom is -0.465 e. The third-order valence-electron chi connectivity index (χ3n) is 1.98. The summed E-state index contributed by atoms with van der Waals surface area (Å²) < 4.78 is 12.6. The van der Waals surface area contributed by atoms with Crippen molar-refractivity contribution in [3.63, 3.8) is 0 Å². The Morgan fingerprint density at radius 1 is 1.50 bits per heavy atom. The van der Waals surface area contributed by atoms with Gasteiger partial charge in [0.2, 0.25) is 0 Å². The molecule has 1 aromatic rings. The summed E-state index contributed by atoms with van der Waals surface area (Å²) in [5.74, 6) is -0.320. The normalized spacial score (nSPS) is 12.1. The Bertz CT molecular complexity index is 310. The van der Waals surface area contributed by atoms with E-state index >= 15 is 0 Å². The summed E-state index contributed by atoms with van der Waals surface area (Å²) in [7, 11) is 0. The fraction of sp³-hybridized carbons (Fsp3) is 0.300. The van der Waals surface area contributed by atoms with Crippen molar-refractivity contribution in [2.24, 2.45) is 0 Å². The van der Waals surface area contributed by atoms with Crippen molar-refractivity contribution in [2.75, 3.05) is 0 Å². The molecule has 0 bridgehead atoms. The number of rotatable bonds is 3. The zero-order valence-electron chi connectivity index (χ0n) is 7.83. The Balaban J connectivity index is 2.78. The number of carbonyl (C=O) groups is 1. The Morgan fingerprint density at radius 3 is 2.50 bits per heavy atom. The van der Waals surface area contributed by atoms with Crippen molar-refractivity contribution < 1.29 is 14.3 Å². The van der Waals surface area contributed by atoms with Gasteiger partial charge >= 0.3 is 6.09 Å². The molecule has 0 unspecified atom stereocenters. The highest BCUT2D eigenvalue weighted by Crippen LogP contribution is 2.16. The summed E-state index contributed by atoms with van der Waals surface area (Å²) in [5, 5.41) is 10.9. The second kappa shape index (κ2) is 4.60. The molecule has 3 nitrogen and oxygen atoms in total.